The normalized spacial score (nSPS) is 9.53. The first-order valence-electron chi connectivity index (χ1n) is 11.5. The van der Waals surface area contributed by atoms with E-state index >= 15 is 0 Å². The van der Waals surface area contributed by atoms with E-state index in [4.69, 9.17) is 0 Å². The van der Waals surface area contributed by atoms with Crippen LogP contribution in [0.25, 0.3) is 0 Å². The molecule has 1 aromatic carbocycles. The van der Waals surface area contributed by atoms with Gasteiger partial charge in [-0.05, 0) is 43.2 Å². The number of unbranched alkanes of at least 4 members (excludes halogenated alkanes) is 2. The van der Waals surface area contributed by atoms with E-state index in [2.05, 4.69) is 115 Å². The number of aryl methyl sites for hydroxylation is 6. The van der Waals surface area contributed by atoms with Crippen molar-refractivity contribution in [2.45, 2.75) is 66.5 Å². The van der Waals surface area contributed by atoms with Gasteiger partial charge in [-0.25, -0.2) is 9.13 Å². The minimum absolute atomic E-state index is 0. The predicted molar refractivity (Wildman–Crippen MR) is 131 cm³/mol. The minimum Gasteiger partial charge on any atom is -1.00 e. The maximum atomic E-state index is 3.32. The first-order valence-corrected chi connectivity index (χ1v) is 11.5. The fraction of sp³-hybridized carbons (Fsp3) is 0.333. The summed E-state index contributed by atoms with van der Waals surface area (Å²) in [5.41, 5.74) is 7.31. The molecule has 0 aliphatic heterocycles. The van der Waals surface area contributed by atoms with Gasteiger partial charge < -0.3 is 34.0 Å². The summed E-state index contributed by atoms with van der Waals surface area (Å²) >= 11 is 0. The van der Waals surface area contributed by atoms with Gasteiger partial charge in [-0.1, -0.05) is 29.7 Å². The Bertz CT molecular complexity index is 1100. The average Bonchev–Trinajstić information content (AvgIpc) is 2.76. The number of nitrogens with zero attached hydrogens (tertiary/aromatic N) is 2. The number of hydrogen-bond donors (Lipinski definition) is 0. The molecular weight excluding hydrogens is 548 g/mol. The Morgan fingerprint density at radius 1 is 0.618 bits per heavy atom. The zero-order valence-electron chi connectivity index (χ0n) is 20.7. The Morgan fingerprint density at radius 2 is 1.06 bits per heavy atom. The SMILES string of the molecule is Cc1cc[n+](CCCC#Cc2cccc(C#CCCC[n+]3ccc(C)cc3C)c2)c(C)c1.[Br-].[Br-]. The van der Waals surface area contributed by atoms with Crippen LogP contribution in [0.2, 0.25) is 0 Å². The van der Waals surface area contributed by atoms with Crippen LogP contribution in [-0.4, -0.2) is 0 Å². The molecule has 0 amide bonds. The van der Waals surface area contributed by atoms with Crippen LogP contribution in [0.4, 0.5) is 0 Å². The molecule has 0 unspecified atom stereocenters. The lowest BCUT2D eigenvalue weighted by molar-refractivity contribution is -0.703. The summed E-state index contributed by atoms with van der Waals surface area (Å²) in [5.74, 6) is 13.2. The zero-order chi connectivity index (χ0) is 22.8. The fourth-order valence-corrected chi connectivity index (χ4v) is 3.75. The van der Waals surface area contributed by atoms with Crippen LogP contribution in [0, 0.1) is 51.4 Å². The fourth-order valence-electron chi connectivity index (χ4n) is 3.75. The van der Waals surface area contributed by atoms with Crippen LogP contribution < -0.4 is 43.1 Å². The van der Waals surface area contributed by atoms with Crippen molar-refractivity contribution in [3.63, 3.8) is 0 Å². The van der Waals surface area contributed by atoms with Crippen molar-refractivity contribution < 1.29 is 43.1 Å². The van der Waals surface area contributed by atoms with Gasteiger partial charge in [-0.2, -0.15) is 0 Å². The molecule has 0 aliphatic rings. The number of pyridine rings is 2. The third-order valence-corrected chi connectivity index (χ3v) is 5.54. The molecule has 2 nitrogen and oxygen atoms in total. The highest BCUT2D eigenvalue weighted by molar-refractivity contribution is 5.43. The average molecular weight is 582 g/mol. The van der Waals surface area contributed by atoms with E-state index in [0.717, 1.165) is 49.9 Å². The van der Waals surface area contributed by atoms with Crippen LogP contribution >= 0.6 is 0 Å². The maximum Gasteiger partial charge on any atom is 0.178 e. The van der Waals surface area contributed by atoms with Gasteiger partial charge in [0.05, 0.1) is 0 Å². The highest BCUT2D eigenvalue weighted by atomic mass is 79.9. The van der Waals surface area contributed by atoms with Crippen LogP contribution in [0.3, 0.4) is 0 Å². The van der Waals surface area contributed by atoms with Crippen molar-refractivity contribution in [2.75, 3.05) is 0 Å². The third kappa shape index (κ3) is 9.84. The maximum absolute atomic E-state index is 3.32. The Labute approximate surface area is 227 Å². The molecule has 0 saturated carbocycles. The van der Waals surface area contributed by atoms with E-state index in [1.54, 1.807) is 0 Å². The second-order valence-corrected chi connectivity index (χ2v) is 8.47. The first kappa shape index (κ1) is 29.6. The van der Waals surface area contributed by atoms with E-state index in [1.807, 2.05) is 6.07 Å². The van der Waals surface area contributed by atoms with E-state index in [1.165, 1.54) is 22.5 Å². The van der Waals surface area contributed by atoms with Crippen molar-refractivity contribution >= 4 is 0 Å². The van der Waals surface area contributed by atoms with E-state index in [9.17, 15) is 0 Å². The van der Waals surface area contributed by atoms with Crippen molar-refractivity contribution in [3.8, 4) is 23.7 Å². The lowest BCUT2D eigenvalue weighted by Gasteiger charge is -2.00. The number of halogens is 2. The molecule has 2 aromatic heterocycles. The van der Waals surface area contributed by atoms with Gasteiger partial charge in [-0.3, -0.25) is 0 Å². The molecule has 2 heterocycles. The van der Waals surface area contributed by atoms with Crippen LogP contribution in [0.15, 0.2) is 60.9 Å². The largest absolute Gasteiger partial charge is 1.00 e. The van der Waals surface area contributed by atoms with Crippen molar-refractivity contribution in [1.82, 2.24) is 0 Å². The Balaban J connectivity index is 0.00000289. The van der Waals surface area contributed by atoms with Gasteiger partial charge >= 0.3 is 0 Å². The minimum atomic E-state index is 0. The van der Waals surface area contributed by atoms with Crippen LogP contribution in [-0.2, 0) is 13.1 Å². The summed E-state index contributed by atoms with van der Waals surface area (Å²) < 4.78 is 4.59. The number of aromatic nitrogens is 2. The topological polar surface area (TPSA) is 7.76 Å². The van der Waals surface area contributed by atoms with Crippen LogP contribution in [0.5, 0.6) is 0 Å². The highest BCUT2D eigenvalue weighted by Crippen LogP contribution is 2.04. The van der Waals surface area contributed by atoms with Crippen molar-refractivity contribution in [3.05, 3.63) is 94.6 Å². The Kier molecular flexibility index (Phi) is 13.5. The molecule has 4 heteroatoms. The van der Waals surface area contributed by atoms with E-state index < -0.39 is 0 Å². The molecular formula is C30H34Br2N2. The molecule has 0 aliphatic carbocycles. The van der Waals surface area contributed by atoms with Crippen molar-refractivity contribution in [2.24, 2.45) is 0 Å². The Morgan fingerprint density at radius 3 is 1.47 bits per heavy atom. The predicted octanol–water partition coefficient (Wildman–Crippen LogP) is -0.833. The number of hydrogen-bond acceptors (Lipinski definition) is 0. The lowest BCUT2D eigenvalue weighted by Crippen LogP contribution is -3.00. The van der Waals surface area contributed by atoms with E-state index in [0.29, 0.717) is 0 Å². The van der Waals surface area contributed by atoms with Gasteiger partial charge in [0.15, 0.2) is 23.8 Å². The molecule has 3 rings (SSSR count). The number of rotatable bonds is 6. The molecule has 0 N–H and O–H groups in total. The molecule has 178 valence electrons. The molecule has 0 fully saturated rings. The van der Waals surface area contributed by atoms with Gasteiger partial charge in [0, 0.05) is 74.9 Å². The molecule has 3 aromatic rings. The second-order valence-electron chi connectivity index (χ2n) is 8.47. The summed E-state index contributed by atoms with van der Waals surface area (Å²) in [4.78, 5) is 0. The summed E-state index contributed by atoms with van der Waals surface area (Å²) in [6.45, 7) is 10.6. The molecule has 0 radical (unpaired) electrons. The zero-order valence-corrected chi connectivity index (χ0v) is 23.8. The Hall–Kier alpha value is -2.40. The lowest BCUT2D eigenvalue weighted by atomic mass is 10.1. The molecule has 0 saturated heterocycles. The molecule has 0 spiro atoms. The van der Waals surface area contributed by atoms with E-state index in [-0.39, 0.29) is 34.0 Å². The quantitative estimate of drug-likeness (QED) is 0.204. The second kappa shape index (κ2) is 15.5. The van der Waals surface area contributed by atoms with Gasteiger partial charge in [-0.15, -0.1) is 0 Å². The van der Waals surface area contributed by atoms with Gasteiger partial charge in [0.2, 0.25) is 0 Å². The molecule has 34 heavy (non-hydrogen) atoms. The summed E-state index contributed by atoms with van der Waals surface area (Å²) in [7, 11) is 0. The smallest absolute Gasteiger partial charge is 0.178 e. The molecule has 0 bridgehead atoms. The van der Waals surface area contributed by atoms with Gasteiger partial charge in [0.25, 0.3) is 0 Å². The monoisotopic (exact) mass is 580 g/mol. The summed E-state index contributed by atoms with van der Waals surface area (Å²) in [6, 6.07) is 17.0. The first-order chi connectivity index (χ1) is 15.5. The standard InChI is InChI=1S/C30H34N2.2BrH/c1-25-16-20-31(27(3)22-25)18-9-5-7-12-29-14-11-15-30(24-29)13-8-6-10-19-32-21-17-26(2)23-28(32)4;;/h11,14-17,20-24H,5-6,9-10,18-19H2,1-4H3;2*1H/q+2;;/p-2. The highest BCUT2D eigenvalue weighted by Gasteiger charge is 2.05. The molecule has 0 atom stereocenters. The number of benzene rings is 1. The third-order valence-electron chi connectivity index (χ3n) is 5.54. The van der Waals surface area contributed by atoms with Crippen LogP contribution in [0.1, 0.15) is 59.3 Å². The summed E-state index contributed by atoms with van der Waals surface area (Å²) in [6.07, 6.45) is 8.24. The summed E-state index contributed by atoms with van der Waals surface area (Å²) in [5, 5.41) is 0. The van der Waals surface area contributed by atoms with Gasteiger partial charge in [0.1, 0.15) is 13.1 Å². The van der Waals surface area contributed by atoms with Crippen molar-refractivity contribution in [1.29, 1.82) is 0 Å².